The molecule has 9 nitrogen and oxygen atoms in total. The van der Waals surface area contributed by atoms with Gasteiger partial charge in [0.05, 0.1) is 11.9 Å². The third-order valence-electron chi connectivity index (χ3n) is 7.15. The predicted molar refractivity (Wildman–Crippen MR) is 146 cm³/mol. The maximum Gasteiger partial charge on any atom is 0.229 e. The second-order valence-electron chi connectivity index (χ2n) is 9.95. The standard InChI is InChI=1S/C27H33ClN8O/c1-15-11-24(30-27-29-13-23(28)26(32-27)31-25-12-17(3)33-34-25)16(2)10-21(15)20-6-8-36(9-7-20)14-22-18(4)35-37-19(22)5/h10-13,20H,6-9,14H2,1-5H3,(H3,29,30,31,32,33,34). The Morgan fingerprint density at radius 3 is 2.51 bits per heavy atom. The number of nitrogens with zero attached hydrogens (tertiary/aromatic N) is 5. The van der Waals surface area contributed by atoms with Crippen LogP contribution in [0, 0.1) is 34.6 Å². The fourth-order valence-electron chi connectivity index (χ4n) is 5.01. The van der Waals surface area contributed by atoms with E-state index in [9.17, 15) is 0 Å². The summed E-state index contributed by atoms with van der Waals surface area (Å²) in [4.78, 5) is 11.5. The van der Waals surface area contributed by atoms with Crippen LogP contribution in [-0.2, 0) is 6.54 Å². The number of benzene rings is 1. The molecule has 3 N–H and O–H groups in total. The van der Waals surface area contributed by atoms with E-state index in [1.807, 2.05) is 26.8 Å². The minimum atomic E-state index is 0.426. The van der Waals surface area contributed by atoms with Crippen LogP contribution in [0.4, 0.5) is 23.3 Å². The topological polar surface area (TPSA) is 108 Å². The number of nitrogens with one attached hydrogen (secondary N) is 3. The average Bonchev–Trinajstić information content (AvgIpc) is 3.43. The molecule has 0 spiro atoms. The van der Waals surface area contributed by atoms with E-state index in [1.165, 1.54) is 16.7 Å². The molecule has 1 aromatic carbocycles. The van der Waals surface area contributed by atoms with Gasteiger partial charge in [0.2, 0.25) is 5.95 Å². The molecule has 0 unspecified atom stereocenters. The lowest BCUT2D eigenvalue weighted by atomic mass is 9.85. The summed E-state index contributed by atoms with van der Waals surface area (Å²) in [5.41, 5.74) is 8.02. The summed E-state index contributed by atoms with van der Waals surface area (Å²) >= 11 is 6.32. The van der Waals surface area contributed by atoms with E-state index in [0.29, 0.717) is 28.5 Å². The van der Waals surface area contributed by atoms with Gasteiger partial charge < -0.3 is 15.2 Å². The van der Waals surface area contributed by atoms with Crippen molar-refractivity contribution in [2.24, 2.45) is 0 Å². The van der Waals surface area contributed by atoms with Crippen LogP contribution in [0.1, 0.15) is 58.2 Å². The van der Waals surface area contributed by atoms with E-state index >= 15 is 0 Å². The van der Waals surface area contributed by atoms with Crippen molar-refractivity contribution in [1.82, 2.24) is 30.2 Å². The van der Waals surface area contributed by atoms with Crippen LogP contribution < -0.4 is 10.6 Å². The van der Waals surface area contributed by atoms with Crippen LogP contribution in [0.3, 0.4) is 0 Å². The molecule has 4 heterocycles. The van der Waals surface area contributed by atoms with Gasteiger partial charge in [-0.25, -0.2) is 4.98 Å². The SMILES string of the molecule is Cc1cc(Nc2nc(Nc3cc(C)c(C4CCN(Cc5c(C)noc5C)CC4)cc3C)ncc2Cl)n[nH]1. The molecule has 3 aromatic heterocycles. The first-order valence-electron chi connectivity index (χ1n) is 12.6. The number of H-pyrrole nitrogens is 1. The summed E-state index contributed by atoms with van der Waals surface area (Å²) in [6.07, 6.45) is 3.86. The van der Waals surface area contributed by atoms with Gasteiger partial charge in [-0.3, -0.25) is 10.00 Å². The molecule has 1 saturated heterocycles. The van der Waals surface area contributed by atoms with E-state index in [0.717, 1.165) is 60.9 Å². The van der Waals surface area contributed by atoms with E-state index in [-0.39, 0.29) is 0 Å². The highest BCUT2D eigenvalue weighted by Gasteiger charge is 2.24. The number of hydrogen-bond acceptors (Lipinski definition) is 8. The summed E-state index contributed by atoms with van der Waals surface area (Å²) in [7, 11) is 0. The zero-order valence-electron chi connectivity index (χ0n) is 21.9. The van der Waals surface area contributed by atoms with E-state index in [1.54, 1.807) is 6.20 Å². The third kappa shape index (κ3) is 5.62. The molecule has 37 heavy (non-hydrogen) atoms. The van der Waals surface area contributed by atoms with E-state index in [2.05, 4.69) is 66.8 Å². The molecule has 0 radical (unpaired) electrons. The summed E-state index contributed by atoms with van der Waals surface area (Å²) in [6.45, 7) is 13.3. The van der Waals surface area contributed by atoms with Crippen molar-refractivity contribution in [3.05, 3.63) is 68.8 Å². The molecule has 0 saturated carbocycles. The van der Waals surface area contributed by atoms with Gasteiger partial charge in [0.25, 0.3) is 0 Å². The number of hydrogen-bond donors (Lipinski definition) is 3. The van der Waals surface area contributed by atoms with Gasteiger partial charge in [-0.15, -0.1) is 0 Å². The summed E-state index contributed by atoms with van der Waals surface area (Å²) in [5.74, 6) is 3.10. The first kappa shape index (κ1) is 25.2. The molecule has 1 fully saturated rings. The predicted octanol–water partition coefficient (Wildman–Crippen LogP) is 6.25. The van der Waals surface area contributed by atoms with Crippen molar-refractivity contribution in [1.29, 1.82) is 0 Å². The maximum absolute atomic E-state index is 6.32. The zero-order chi connectivity index (χ0) is 26.1. The van der Waals surface area contributed by atoms with Gasteiger partial charge in [0.15, 0.2) is 11.6 Å². The van der Waals surface area contributed by atoms with E-state index < -0.39 is 0 Å². The average molecular weight is 521 g/mol. The number of anilines is 4. The monoisotopic (exact) mass is 520 g/mol. The quantitative estimate of drug-likeness (QED) is 0.262. The molecule has 0 atom stereocenters. The Morgan fingerprint density at radius 1 is 1.05 bits per heavy atom. The molecule has 1 aliphatic rings. The molecule has 0 amide bonds. The van der Waals surface area contributed by atoms with E-state index in [4.69, 9.17) is 16.1 Å². The zero-order valence-corrected chi connectivity index (χ0v) is 22.7. The van der Waals surface area contributed by atoms with Crippen molar-refractivity contribution < 1.29 is 4.52 Å². The first-order chi connectivity index (χ1) is 17.8. The van der Waals surface area contributed by atoms with Gasteiger partial charge in [-0.2, -0.15) is 10.1 Å². The fraction of sp³-hybridized carbons (Fsp3) is 0.407. The number of aryl methyl sites for hydroxylation is 5. The highest BCUT2D eigenvalue weighted by Crippen LogP contribution is 2.35. The minimum Gasteiger partial charge on any atom is -0.361 e. The largest absolute Gasteiger partial charge is 0.361 e. The van der Waals surface area contributed by atoms with Crippen LogP contribution in [0.15, 0.2) is 28.9 Å². The Balaban J connectivity index is 1.26. The molecule has 5 rings (SSSR count). The maximum atomic E-state index is 6.32. The van der Waals surface area contributed by atoms with Crippen LogP contribution in [0.5, 0.6) is 0 Å². The van der Waals surface area contributed by atoms with Crippen LogP contribution in [-0.4, -0.2) is 43.3 Å². The van der Waals surface area contributed by atoms with Gasteiger partial charge in [0, 0.05) is 29.6 Å². The van der Waals surface area contributed by atoms with Crippen molar-refractivity contribution in [2.75, 3.05) is 23.7 Å². The van der Waals surface area contributed by atoms with Crippen molar-refractivity contribution in [3.8, 4) is 0 Å². The van der Waals surface area contributed by atoms with Gasteiger partial charge >= 0.3 is 0 Å². The number of halogens is 1. The summed E-state index contributed by atoms with van der Waals surface area (Å²) in [6, 6.07) is 6.40. The highest BCUT2D eigenvalue weighted by atomic mass is 35.5. The fourth-order valence-corrected chi connectivity index (χ4v) is 5.14. The van der Waals surface area contributed by atoms with Gasteiger partial charge in [-0.1, -0.05) is 22.8 Å². The number of likely N-dealkylation sites (tertiary alicyclic amines) is 1. The Kier molecular flexibility index (Phi) is 7.17. The summed E-state index contributed by atoms with van der Waals surface area (Å²) < 4.78 is 5.34. The lowest BCUT2D eigenvalue weighted by Gasteiger charge is -2.33. The van der Waals surface area contributed by atoms with Gasteiger partial charge in [-0.05, 0) is 89.2 Å². The molecule has 0 aliphatic carbocycles. The number of rotatable bonds is 7. The lowest BCUT2D eigenvalue weighted by molar-refractivity contribution is 0.203. The molecule has 10 heteroatoms. The van der Waals surface area contributed by atoms with Crippen LogP contribution in [0.25, 0.3) is 0 Å². The molecular formula is C27H33ClN8O. The Bertz CT molecular complexity index is 1380. The lowest BCUT2D eigenvalue weighted by Crippen LogP contribution is -2.33. The number of aromatic amines is 1. The van der Waals surface area contributed by atoms with Crippen molar-refractivity contribution in [3.63, 3.8) is 0 Å². The minimum absolute atomic E-state index is 0.426. The number of piperidine rings is 1. The Hall–Kier alpha value is -3.43. The molecule has 194 valence electrons. The Labute approximate surface area is 222 Å². The smallest absolute Gasteiger partial charge is 0.229 e. The highest BCUT2D eigenvalue weighted by molar-refractivity contribution is 6.32. The van der Waals surface area contributed by atoms with Crippen molar-refractivity contribution >= 4 is 34.9 Å². The second-order valence-corrected chi connectivity index (χ2v) is 10.4. The Morgan fingerprint density at radius 2 is 1.84 bits per heavy atom. The van der Waals surface area contributed by atoms with Crippen molar-refractivity contribution in [2.45, 2.75) is 59.9 Å². The number of aromatic nitrogens is 5. The van der Waals surface area contributed by atoms with Gasteiger partial charge in [0.1, 0.15) is 10.8 Å². The first-order valence-corrected chi connectivity index (χ1v) is 13.0. The summed E-state index contributed by atoms with van der Waals surface area (Å²) in [5, 5.41) is 18.1. The normalized spacial score (nSPS) is 14.8. The molecule has 4 aromatic rings. The van der Waals surface area contributed by atoms with Crippen LogP contribution in [0.2, 0.25) is 5.02 Å². The molecule has 1 aliphatic heterocycles. The third-order valence-corrected chi connectivity index (χ3v) is 7.42. The van der Waals surface area contributed by atoms with Crippen LogP contribution >= 0.6 is 11.6 Å². The second kappa shape index (κ2) is 10.5. The molecule has 0 bridgehead atoms. The molecular weight excluding hydrogens is 488 g/mol.